The highest BCUT2D eigenvalue weighted by atomic mass is 16.5. The van der Waals surface area contributed by atoms with Gasteiger partial charge in [0, 0.05) is 12.3 Å². The Morgan fingerprint density at radius 1 is 1.57 bits per heavy atom. The number of hydrogen-bond donors (Lipinski definition) is 1. The van der Waals surface area contributed by atoms with Gasteiger partial charge in [-0.15, -0.1) is 0 Å². The molecule has 1 aromatic rings. The molecule has 1 rings (SSSR count). The van der Waals surface area contributed by atoms with Crippen LogP contribution in [0.5, 0.6) is 5.88 Å². The third-order valence-corrected chi connectivity index (χ3v) is 1.77. The summed E-state index contributed by atoms with van der Waals surface area (Å²) in [6.07, 6.45) is 3.50. The predicted molar refractivity (Wildman–Crippen MR) is 53.2 cm³/mol. The number of hydrogen-bond acceptors (Lipinski definition) is 3. The highest BCUT2D eigenvalue weighted by Gasteiger charge is 2.00. The first-order valence-electron chi connectivity index (χ1n) is 4.62. The summed E-state index contributed by atoms with van der Waals surface area (Å²) in [5.74, 6) is 0.0565. The zero-order chi connectivity index (χ0) is 10.4. The SMILES string of the molecule is CCCCOc1ccc(C(N)=O)cn1. The molecule has 4 nitrogen and oxygen atoms in total. The van der Waals surface area contributed by atoms with E-state index in [1.165, 1.54) is 6.20 Å². The van der Waals surface area contributed by atoms with Crippen molar-refractivity contribution in [3.8, 4) is 5.88 Å². The van der Waals surface area contributed by atoms with Gasteiger partial charge in [0.05, 0.1) is 12.2 Å². The second-order valence-corrected chi connectivity index (χ2v) is 2.95. The summed E-state index contributed by atoms with van der Waals surface area (Å²) in [6.45, 7) is 2.74. The van der Waals surface area contributed by atoms with Gasteiger partial charge in [-0.3, -0.25) is 4.79 Å². The molecule has 1 aromatic heterocycles. The van der Waals surface area contributed by atoms with E-state index < -0.39 is 5.91 Å². The Morgan fingerprint density at radius 2 is 2.36 bits per heavy atom. The molecule has 4 heteroatoms. The number of ether oxygens (including phenoxy) is 1. The van der Waals surface area contributed by atoms with E-state index in [0.29, 0.717) is 18.1 Å². The zero-order valence-corrected chi connectivity index (χ0v) is 8.19. The Labute approximate surface area is 83.1 Å². The maximum atomic E-state index is 10.7. The smallest absolute Gasteiger partial charge is 0.250 e. The van der Waals surface area contributed by atoms with Gasteiger partial charge in [-0.05, 0) is 12.5 Å². The average molecular weight is 194 g/mol. The van der Waals surface area contributed by atoms with E-state index in [9.17, 15) is 4.79 Å². The minimum absolute atomic E-state index is 0.396. The summed E-state index contributed by atoms with van der Waals surface area (Å²) in [5, 5.41) is 0. The van der Waals surface area contributed by atoms with Crippen molar-refractivity contribution in [2.24, 2.45) is 5.73 Å². The summed E-state index contributed by atoms with van der Waals surface area (Å²) in [7, 11) is 0. The normalized spacial score (nSPS) is 9.79. The largest absolute Gasteiger partial charge is 0.478 e. The molecule has 0 spiro atoms. The fourth-order valence-corrected chi connectivity index (χ4v) is 0.933. The first-order chi connectivity index (χ1) is 6.74. The van der Waals surface area contributed by atoms with Crippen molar-refractivity contribution >= 4 is 5.91 Å². The lowest BCUT2D eigenvalue weighted by molar-refractivity contribution is 0.1000. The van der Waals surface area contributed by atoms with Crippen LogP contribution >= 0.6 is 0 Å². The van der Waals surface area contributed by atoms with E-state index in [1.807, 2.05) is 0 Å². The minimum atomic E-state index is -0.474. The number of carbonyl (C=O) groups excluding carboxylic acids is 1. The highest BCUT2D eigenvalue weighted by Crippen LogP contribution is 2.07. The molecule has 0 aliphatic heterocycles. The Morgan fingerprint density at radius 3 is 2.86 bits per heavy atom. The number of primary amides is 1. The van der Waals surface area contributed by atoms with Gasteiger partial charge >= 0.3 is 0 Å². The first kappa shape index (κ1) is 10.5. The van der Waals surface area contributed by atoms with Crippen molar-refractivity contribution in [1.82, 2.24) is 4.98 Å². The second kappa shape index (κ2) is 5.21. The van der Waals surface area contributed by atoms with Crippen LogP contribution in [0.25, 0.3) is 0 Å². The van der Waals surface area contributed by atoms with E-state index in [-0.39, 0.29) is 0 Å². The fourth-order valence-electron chi connectivity index (χ4n) is 0.933. The summed E-state index contributed by atoms with van der Waals surface area (Å²) in [5.41, 5.74) is 5.46. The summed E-state index contributed by atoms with van der Waals surface area (Å²) >= 11 is 0. The van der Waals surface area contributed by atoms with Crippen LogP contribution in [0.3, 0.4) is 0 Å². The lowest BCUT2D eigenvalue weighted by atomic mass is 10.3. The molecular formula is C10H14N2O2. The van der Waals surface area contributed by atoms with Gasteiger partial charge in [0.2, 0.25) is 11.8 Å². The van der Waals surface area contributed by atoms with E-state index in [4.69, 9.17) is 10.5 Å². The highest BCUT2D eigenvalue weighted by molar-refractivity contribution is 5.92. The van der Waals surface area contributed by atoms with Gasteiger partial charge in [-0.2, -0.15) is 0 Å². The number of amides is 1. The number of carbonyl (C=O) groups is 1. The van der Waals surface area contributed by atoms with Crippen LogP contribution in [0, 0.1) is 0 Å². The van der Waals surface area contributed by atoms with Crippen LogP contribution < -0.4 is 10.5 Å². The molecule has 0 aliphatic carbocycles. The molecule has 0 saturated carbocycles. The minimum Gasteiger partial charge on any atom is -0.478 e. The molecule has 0 unspecified atom stereocenters. The van der Waals surface area contributed by atoms with Gasteiger partial charge in [0.25, 0.3) is 0 Å². The number of rotatable bonds is 5. The Kier molecular flexibility index (Phi) is 3.91. The molecule has 0 fully saturated rings. The molecule has 0 aromatic carbocycles. The van der Waals surface area contributed by atoms with Gasteiger partial charge in [0.15, 0.2) is 0 Å². The topological polar surface area (TPSA) is 65.2 Å². The van der Waals surface area contributed by atoms with Crippen molar-refractivity contribution < 1.29 is 9.53 Å². The zero-order valence-electron chi connectivity index (χ0n) is 8.19. The molecule has 0 aliphatic rings. The van der Waals surface area contributed by atoms with Crippen LogP contribution in [0.1, 0.15) is 30.1 Å². The van der Waals surface area contributed by atoms with Crippen molar-refractivity contribution in [2.75, 3.05) is 6.61 Å². The van der Waals surface area contributed by atoms with Gasteiger partial charge < -0.3 is 10.5 Å². The Hall–Kier alpha value is -1.58. The molecule has 0 bridgehead atoms. The fraction of sp³-hybridized carbons (Fsp3) is 0.400. The monoisotopic (exact) mass is 194 g/mol. The van der Waals surface area contributed by atoms with Crippen LogP contribution in [-0.4, -0.2) is 17.5 Å². The predicted octanol–water partition coefficient (Wildman–Crippen LogP) is 1.36. The van der Waals surface area contributed by atoms with Crippen LogP contribution in [0.4, 0.5) is 0 Å². The van der Waals surface area contributed by atoms with Crippen molar-refractivity contribution in [2.45, 2.75) is 19.8 Å². The summed E-state index contributed by atoms with van der Waals surface area (Å²) in [6, 6.07) is 3.26. The Bertz CT molecular complexity index is 295. The van der Waals surface area contributed by atoms with E-state index >= 15 is 0 Å². The summed E-state index contributed by atoms with van der Waals surface area (Å²) in [4.78, 5) is 14.7. The third-order valence-electron chi connectivity index (χ3n) is 1.77. The molecule has 0 atom stereocenters. The average Bonchev–Trinajstić information content (AvgIpc) is 2.19. The second-order valence-electron chi connectivity index (χ2n) is 2.95. The van der Waals surface area contributed by atoms with Crippen LogP contribution in [-0.2, 0) is 0 Å². The molecule has 0 saturated heterocycles. The molecule has 2 N–H and O–H groups in total. The van der Waals surface area contributed by atoms with Crippen LogP contribution in [0.2, 0.25) is 0 Å². The molecule has 76 valence electrons. The number of nitrogens with zero attached hydrogens (tertiary/aromatic N) is 1. The van der Waals surface area contributed by atoms with Crippen molar-refractivity contribution in [1.29, 1.82) is 0 Å². The standard InChI is InChI=1S/C10H14N2O2/c1-2-3-6-14-9-5-4-8(7-12-9)10(11)13/h4-5,7H,2-3,6H2,1H3,(H2,11,13). The summed E-state index contributed by atoms with van der Waals surface area (Å²) < 4.78 is 5.32. The molecule has 0 radical (unpaired) electrons. The molecule has 14 heavy (non-hydrogen) atoms. The third kappa shape index (κ3) is 3.05. The molecular weight excluding hydrogens is 180 g/mol. The maximum Gasteiger partial charge on any atom is 0.250 e. The van der Waals surface area contributed by atoms with Gasteiger partial charge in [0.1, 0.15) is 0 Å². The maximum absolute atomic E-state index is 10.7. The Balaban J connectivity index is 2.51. The lowest BCUT2D eigenvalue weighted by Gasteiger charge is -2.03. The van der Waals surface area contributed by atoms with Crippen molar-refractivity contribution in [3.05, 3.63) is 23.9 Å². The molecule has 1 heterocycles. The van der Waals surface area contributed by atoms with Gasteiger partial charge in [-0.1, -0.05) is 13.3 Å². The molecule has 1 amide bonds. The lowest BCUT2D eigenvalue weighted by Crippen LogP contribution is -2.11. The number of unbranched alkanes of at least 4 members (excludes halogenated alkanes) is 1. The number of aromatic nitrogens is 1. The van der Waals surface area contributed by atoms with Crippen LogP contribution in [0.15, 0.2) is 18.3 Å². The van der Waals surface area contributed by atoms with Crippen molar-refractivity contribution in [3.63, 3.8) is 0 Å². The quantitative estimate of drug-likeness (QED) is 0.720. The van der Waals surface area contributed by atoms with E-state index in [2.05, 4.69) is 11.9 Å². The number of nitrogens with two attached hydrogens (primary N) is 1. The van der Waals surface area contributed by atoms with Gasteiger partial charge in [-0.25, -0.2) is 4.98 Å². The first-order valence-corrected chi connectivity index (χ1v) is 4.62. The number of pyridine rings is 1. The van der Waals surface area contributed by atoms with E-state index in [0.717, 1.165) is 12.8 Å². The van der Waals surface area contributed by atoms with E-state index in [1.54, 1.807) is 12.1 Å².